The zero-order valence-corrected chi connectivity index (χ0v) is 15.2. The topological polar surface area (TPSA) is 130 Å². The quantitative estimate of drug-likeness (QED) is 0.243. The molecule has 0 atom stereocenters. The molecule has 0 N–H and O–H groups in total. The molecular formula is C21H12N2O7. The van der Waals surface area contributed by atoms with Gasteiger partial charge in [-0.3, -0.25) is 25.0 Å². The van der Waals surface area contributed by atoms with Gasteiger partial charge in [0.1, 0.15) is 11.5 Å². The smallest absolute Gasteiger partial charge is 0.269 e. The van der Waals surface area contributed by atoms with Gasteiger partial charge in [-0.15, -0.1) is 0 Å². The second kappa shape index (κ2) is 7.47. The fraction of sp³-hybridized carbons (Fsp3) is 0. The van der Waals surface area contributed by atoms with Crippen LogP contribution in [0.5, 0.6) is 0 Å². The number of nitro benzene ring substituents is 2. The number of furan rings is 2. The summed E-state index contributed by atoms with van der Waals surface area (Å²) < 4.78 is 10.9. The van der Waals surface area contributed by atoms with Gasteiger partial charge in [-0.25, -0.2) is 0 Å². The van der Waals surface area contributed by atoms with Gasteiger partial charge in [-0.05, 0) is 36.4 Å². The van der Waals surface area contributed by atoms with Crippen molar-refractivity contribution < 1.29 is 23.5 Å². The molecule has 2 heterocycles. The lowest BCUT2D eigenvalue weighted by Crippen LogP contribution is -2.02. The number of hydrogen-bond acceptors (Lipinski definition) is 7. The first-order valence-electron chi connectivity index (χ1n) is 8.65. The van der Waals surface area contributed by atoms with Gasteiger partial charge < -0.3 is 8.83 Å². The van der Waals surface area contributed by atoms with Gasteiger partial charge in [0.05, 0.1) is 33.5 Å². The Bertz CT molecular complexity index is 1150. The van der Waals surface area contributed by atoms with E-state index in [1.54, 1.807) is 0 Å². The summed E-state index contributed by atoms with van der Waals surface area (Å²) in [6.45, 7) is 0. The molecule has 0 saturated heterocycles. The number of benzene rings is 2. The van der Waals surface area contributed by atoms with E-state index in [1.165, 1.54) is 73.2 Å². The van der Waals surface area contributed by atoms with Crippen LogP contribution in [0, 0.1) is 20.2 Å². The monoisotopic (exact) mass is 404 g/mol. The molecule has 2 aromatic heterocycles. The van der Waals surface area contributed by atoms with Crippen molar-refractivity contribution in [2.45, 2.75) is 0 Å². The number of carbonyl (C=O) groups is 1. The van der Waals surface area contributed by atoms with E-state index >= 15 is 0 Å². The Kier molecular flexibility index (Phi) is 4.69. The number of carbonyl (C=O) groups excluding carboxylic acids is 1. The van der Waals surface area contributed by atoms with Crippen molar-refractivity contribution in [3.8, 4) is 22.6 Å². The highest BCUT2D eigenvalue weighted by molar-refractivity contribution is 6.14. The van der Waals surface area contributed by atoms with E-state index < -0.39 is 9.85 Å². The highest BCUT2D eigenvalue weighted by Crippen LogP contribution is 2.32. The Morgan fingerprint density at radius 1 is 0.633 bits per heavy atom. The van der Waals surface area contributed by atoms with Crippen molar-refractivity contribution >= 4 is 17.2 Å². The SMILES string of the molecule is O=C(c1ccoc1-c1ccc([N+](=O)[O-])cc1)c1ccoc1-c1ccc([N+](=O)[O-])cc1. The average molecular weight is 404 g/mol. The highest BCUT2D eigenvalue weighted by Gasteiger charge is 2.23. The predicted molar refractivity (Wildman–Crippen MR) is 105 cm³/mol. The molecule has 9 heteroatoms. The van der Waals surface area contributed by atoms with Crippen LogP contribution in [0.3, 0.4) is 0 Å². The van der Waals surface area contributed by atoms with E-state index in [9.17, 15) is 25.0 Å². The van der Waals surface area contributed by atoms with Gasteiger partial charge in [0, 0.05) is 35.4 Å². The van der Waals surface area contributed by atoms with E-state index in [0.29, 0.717) is 11.1 Å². The van der Waals surface area contributed by atoms with Crippen LogP contribution in [-0.4, -0.2) is 15.6 Å². The molecule has 0 unspecified atom stereocenters. The van der Waals surface area contributed by atoms with E-state index in [0.717, 1.165) is 0 Å². The lowest BCUT2D eigenvalue weighted by atomic mass is 9.98. The average Bonchev–Trinajstić information content (AvgIpc) is 3.43. The van der Waals surface area contributed by atoms with E-state index in [1.807, 2.05) is 0 Å². The summed E-state index contributed by atoms with van der Waals surface area (Å²) in [6, 6.07) is 14.3. The molecule has 9 nitrogen and oxygen atoms in total. The maximum absolute atomic E-state index is 13.2. The van der Waals surface area contributed by atoms with Crippen LogP contribution in [0.4, 0.5) is 11.4 Å². The molecule has 148 valence electrons. The Morgan fingerprint density at radius 3 is 1.33 bits per heavy atom. The third-order valence-electron chi connectivity index (χ3n) is 4.50. The third kappa shape index (κ3) is 3.35. The molecular weight excluding hydrogens is 392 g/mol. The Labute approximate surface area is 168 Å². The first-order chi connectivity index (χ1) is 14.5. The molecule has 0 spiro atoms. The fourth-order valence-corrected chi connectivity index (χ4v) is 3.04. The molecule has 2 aromatic carbocycles. The standard InChI is InChI=1S/C21H12N2O7/c24-19(17-9-11-29-20(17)13-1-5-15(6-2-13)22(25)26)18-10-12-30-21(18)14-3-7-16(8-4-14)23(27)28/h1-12H. The highest BCUT2D eigenvalue weighted by atomic mass is 16.6. The predicted octanol–water partition coefficient (Wildman–Crippen LogP) is 5.25. The fourth-order valence-electron chi connectivity index (χ4n) is 3.04. The first-order valence-corrected chi connectivity index (χ1v) is 8.65. The number of hydrogen-bond donors (Lipinski definition) is 0. The zero-order chi connectivity index (χ0) is 21.3. The van der Waals surface area contributed by atoms with Crippen LogP contribution in [-0.2, 0) is 0 Å². The maximum Gasteiger partial charge on any atom is 0.269 e. The third-order valence-corrected chi connectivity index (χ3v) is 4.50. The number of nitro groups is 2. The molecule has 0 bridgehead atoms. The summed E-state index contributed by atoms with van der Waals surface area (Å²) in [7, 11) is 0. The second-order valence-electron chi connectivity index (χ2n) is 6.26. The van der Waals surface area contributed by atoms with E-state index in [-0.39, 0.29) is 39.8 Å². The van der Waals surface area contributed by atoms with Crippen LogP contribution < -0.4 is 0 Å². The molecule has 0 amide bonds. The molecule has 0 saturated carbocycles. The normalized spacial score (nSPS) is 10.7. The zero-order valence-electron chi connectivity index (χ0n) is 15.2. The largest absolute Gasteiger partial charge is 0.464 e. The minimum Gasteiger partial charge on any atom is -0.464 e. The van der Waals surface area contributed by atoms with Crippen molar-refractivity contribution in [3.63, 3.8) is 0 Å². The van der Waals surface area contributed by atoms with Gasteiger partial charge in [-0.1, -0.05) is 0 Å². The van der Waals surface area contributed by atoms with Gasteiger partial charge in [-0.2, -0.15) is 0 Å². The van der Waals surface area contributed by atoms with Crippen LogP contribution in [0.25, 0.3) is 22.6 Å². The summed E-state index contributed by atoms with van der Waals surface area (Å²) in [5.41, 5.74) is 1.38. The lowest BCUT2D eigenvalue weighted by molar-refractivity contribution is -0.385. The van der Waals surface area contributed by atoms with Gasteiger partial charge in [0.15, 0.2) is 0 Å². The molecule has 4 aromatic rings. The second-order valence-corrected chi connectivity index (χ2v) is 6.26. The van der Waals surface area contributed by atoms with Crippen LogP contribution in [0.2, 0.25) is 0 Å². The van der Waals surface area contributed by atoms with Crippen LogP contribution in [0.15, 0.2) is 82.0 Å². The summed E-state index contributed by atoms with van der Waals surface area (Å²) in [4.78, 5) is 33.8. The Morgan fingerprint density at radius 2 is 1.00 bits per heavy atom. The maximum atomic E-state index is 13.2. The van der Waals surface area contributed by atoms with E-state index in [4.69, 9.17) is 8.83 Å². The Balaban J connectivity index is 1.69. The number of non-ortho nitro benzene ring substituents is 2. The van der Waals surface area contributed by atoms with Gasteiger partial charge >= 0.3 is 0 Å². The molecule has 4 rings (SSSR count). The first kappa shape index (κ1) is 18.8. The number of nitrogens with zero attached hydrogens (tertiary/aromatic N) is 2. The summed E-state index contributed by atoms with van der Waals surface area (Å²) in [5, 5.41) is 21.7. The number of rotatable bonds is 6. The summed E-state index contributed by atoms with van der Waals surface area (Å²) >= 11 is 0. The molecule has 0 aliphatic carbocycles. The van der Waals surface area contributed by atoms with Crippen molar-refractivity contribution in [2.75, 3.05) is 0 Å². The molecule has 0 aliphatic rings. The minimum atomic E-state index is -0.514. The van der Waals surface area contributed by atoms with Gasteiger partial charge in [0.2, 0.25) is 5.78 Å². The lowest BCUT2D eigenvalue weighted by Gasteiger charge is -2.04. The molecule has 30 heavy (non-hydrogen) atoms. The summed E-state index contributed by atoms with van der Waals surface area (Å²) in [6.07, 6.45) is 2.71. The van der Waals surface area contributed by atoms with Crippen molar-refractivity contribution in [3.05, 3.63) is 105 Å². The van der Waals surface area contributed by atoms with Crippen molar-refractivity contribution in [2.24, 2.45) is 0 Å². The molecule has 0 radical (unpaired) electrons. The number of ketones is 1. The molecule has 0 fully saturated rings. The van der Waals surface area contributed by atoms with Crippen molar-refractivity contribution in [1.29, 1.82) is 0 Å². The Hall–Kier alpha value is -4.53. The van der Waals surface area contributed by atoms with Crippen molar-refractivity contribution in [1.82, 2.24) is 0 Å². The minimum absolute atomic E-state index is 0.0755. The van der Waals surface area contributed by atoms with Crippen LogP contribution in [0.1, 0.15) is 15.9 Å². The summed E-state index contributed by atoms with van der Waals surface area (Å²) in [5.74, 6) is 0.163. The van der Waals surface area contributed by atoms with Crippen LogP contribution >= 0.6 is 0 Å². The van der Waals surface area contributed by atoms with Gasteiger partial charge in [0.25, 0.3) is 11.4 Å². The molecule has 0 aliphatic heterocycles. The van der Waals surface area contributed by atoms with E-state index in [2.05, 4.69) is 0 Å².